The van der Waals surface area contributed by atoms with E-state index in [1.165, 1.54) is 5.56 Å². The lowest BCUT2D eigenvalue weighted by atomic mass is 10.2. The van der Waals surface area contributed by atoms with E-state index >= 15 is 0 Å². The van der Waals surface area contributed by atoms with Gasteiger partial charge in [-0.1, -0.05) is 35.9 Å². The van der Waals surface area contributed by atoms with Gasteiger partial charge in [-0.2, -0.15) is 0 Å². The lowest BCUT2D eigenvalue weighted by Crippen LogP contribution is -2.46. The molecule has 1 N–H and O–H groups in total. The summed E-state index contributed by atoms with van der Waals surface area (Å²) in [7, 11) is 0. The number of hydrogen-bond donors (Lipinski definition) is 1. The van der Waals surface area contributed by atoms with Crippen molar-refractivity contribution in [2.45, 2.75) is 31.9 Å². The third-order valence-electron chi connectivity index (χ3n) is 6.01. The molecule has 1 amide bonds. The van der Waals surface area contributed by atoms with Gasteiger partial charge in [-0.25, -0.2) is 0 Å². The molecule has 7 heteroatoms. The van der Waals surface area contributed by atoms with Crippen LogP contribution in [-0.4, -0.2) is 62.8 Å². The smallest absolute Gasteiger partial charge is 0.249 e. The Labute approximate surface area is 195 Å². The Morgan fingerprint density at radius 3 is 2.59 bits per heavy atom. The SMILES string of the molecule is O=C(NCCCOc1ccc(CN2CCN(c3ccccc3Cl)CC2)cc1)C1CCCO1. The van der Waals surface area contributed by atoms with Crippen molar-refractivity contribution < 1.29 is 14.3 Å². The third-order valence-corrected chi connectivity index (χ3v) is 6.33. The molecule has 4 rings (SSSR count). The van der Waals surface area contributed by atoms with Gasteiger partial charge >= 0.3 is 0 Å². The maximum Gasteiger partial charge on any atom is 0.249 e. The molecule has 6 nitrogen and oxygen atoms in total. The molecular formula is C25H32ClN3O3. The van der Waals surface area contributed by atoms with Gasteiger partial charge in [0.2, 0.25) is 5.91 Å². The Hall–Kier alpha value is -2.28. The average Bonchev–Trinajstić information content (AvgIpc) is 3.36. The first-order valence-electron chi connectivity index (χ1n) is 11.5. The summed E-state index contributed by atoms with van der Waals surface area (Å²) in [6.45, 7) is 6.80. The Balaban J connectivity index is 1.13. The number of amides is 1. The zero-order valence-electron chi connectivity index (χ0n) is 18.5. The molecule has 0 saturated carbocycles. The molecule has 2 aliphatic rings. The van der Waals surface area contributed by atoms with Crippen LogP contribution in [0.2, 0.25) is 5.02 Å². The maximum atomic E-state index is 11.9. The number of anilines is 1. The van der Waals surface area contributed by atoms with E-state index < -0.39 is 0 Å². The molecule has 0 aliphatic carbocycles. The molecule has 2 aromatic rings. The molecule has 172 valence electrons. The van der Waals surface area contributed by atoms with Crippen molar-refractivity contribution in [1.82, 2.24) is 10.2 Å². The monoisotopic (exact) mass is 457 g/mol. The molecule has 2 aromatic carbocycles. The largest absolute Gasteiger partial charge is 0.494 e. The molecule has 2 aliphatic heterocycles. The number of ether oxygens (including phenoxy) is 2. The summed E-state index contributed by atoms with van der Waals surface area (Å²) in [6.07, 6.45) is 2.31. The summed E-state index contributed by atoms with van der Waals surface area (Å²) in [5.41, 5.74) is 2.41. The van der Waals surface area contributed by atoms with Gasteiger partial charge in [0, 0.05) is 45.9 Å². The maximum absolute atomic E-state index is 11.9. The van der Waals surface area contributed by atoms with Crippen LogP contribution in [0.4, 0.5) is 5.69 Å². The Kier molecular flexibility index (Phi) is 8.26. The second kappa shape index (κ2) is 11.5. The van der Waals surface area contributed by atoms with E-state index in [0.29, 0.717) is 19.8 Å². The minimum atomic E-state index is -0.262. The number of nitrogens with zero attached hydrogens (tertiary/aromatic N) is 2. The number of halogens is 1. The molecule has 0 spiro atoms. The van der Waals surface area contributed by atoms with Crippen LogP contribution in [0.5, 0.6) is 5.75 Å². The van der Waals surface area contributed by atoms with Gasteiger partial charge in [-0.15, -0.1) is 0 Å². The highest BCUT2D eigenvalue weighted by atomic mass is 35.5. The number of nitrogens with one attached hydrogen (secondary N) is 1. The van der Waals surface area contributed by atoms with Gasteiger partial charge in [0.25, 0.3) is 0 Å². The quantitative estimate of drug-likeness (QED) is 0.581. The van der Waals surface area contributed by atoms with Crippen LogP contribution in [0.15, 0.2) is 48.5 Å². The highest BCUT2D eigenvalue weighted by Gasteiger charge is 2.22. The predicted octanol–water partition coefficient (Wildman–Crippen LogP) is 3.73. The zero-order valence-corrected chi connectivity index (χ0v) is 19.2. The first kappa shape index (κ1) is 22.9. The average molecular weight is 458 g/mol. The van der Waals surface area contributed by atoms with Crippen molar-refractivity contribution in [2.24, 2.45) is 0 Å². The van der Waals surface area contributed by atoms with Crippen molar-refractivity contribution in [3.63, 3.8) is 0 Å². The van der Waals surface area contributed by atoms with Crippen molar-refractivity contribution in [1.29, 1.82) is 0 Å². The summed E-state index contributed by atoms with van der Waals surface area (Å²) < 4.78 is 11.2. The van der Waals surface area contributed by atoms with Gasteiger partial charge in [-0.05, 0) is 49.1 Å². The van der Waals surface area contributed by atoms with Gasteiger partial charge < -0.3 is 19.7 Å². The van der Waals surface area contributed by atoms with Crippen LogP contribution >= 0.6 is 11.6 Å². The van der Waals surface area contributed by atoms with Gasteiger partial charge in [0.05, 0.1) is 17.3 Å². The van der Waals surface area contributed by atoms with E-state index in [1.807, 2.05) is 30.3 Å². The van der Waals surface area contributed by atoms with Gasteiger partial charge in [-0.3, -0.25) is 9.69 Å². The minimum Gasteiger partial charge on any atom is -0.494 e. The molecule has 0 radical (unpaired) electrons. The molecule has 0 aromatic heterocycles. The number of para-hydroxylation sites is 1. The highest BCUT2D eigenvalue weighted by Crippen LogP contribution is 2.26. The van der Waals surface area contributed by atoms with Crippen LogP contribution in [0, 0.1) is 0 Å². The number of carbonyl (C=O) groups is 1. The van der Waals surface area contributed by atoms with E-state index in [1.54, 1.807) is 0 Å². The fourth-order valence-corrected chi connectivity index (χ4v) is 4.43. The standard InChI is InChI=1S/C25H32ClN3O3/c26-22-5-1-2-6-23(22)29-15-13-28(14-16-29)19-20-8-10-21(11-9-20)31-18-4-12-27-25(30)24-7-3-17-32-24/h1-2,5-6,8-11,24H,3-4,7,12-19H2,(H,27,30). The summed E-state index contributed by atoms with van der Waals surface area (Å²) in [5.74, 6) is 0.863. The number of piperazine rings is 1. The van der Waals surface area contributed by atoms with Crippen molar-refractivity contribution >= 4 is 23.2 Å². The molecule has 32 heavy (non-hydrogen) atoms. The Morgan fingerprint density at radius 2 is 1.88 bits per heavy atom. The second-order valence-corrected chi connectivity index (χ2v) is 8.76. The Morgan fingerprint density at radius 1 is 1.09 bits per heavy atom. The van der Waals surface area contributed by atoms with Crippen LogP contribution < -0.4 is 15.0 Å². The van der Waals surface area contributed by atoms with Gasteiger partial charge in [0.1, 0.15) is 11.9 Å². The van der Waals surface area contributed by atoms with Crippen LogP contribution in [0.25, 0.3) is 0 Å². The molecule has 2 saturated heterocycles. The van der Waals surface area contributed by atoms with E-state index in [0.717, 1.165) is 68.4 Å². The number of benzene rings is 2. The number of hydrogen-bond acceptors (Lipinski definition) is 5. The summed E-state index contributed by atoms with van der Waals surface area (Å²) in [6, 6.07) is 16.4. The molecule has 0 bridgehead atoms. The fraction of sp³-hybridized carbons (Fsp3) is 0.480. The first-order chi connectivity index (χ1) is 15.7. The van der Waals surface area contributed by atoms with E-state index in [-0.39, 0.29) is 12.0 Å². The normalized spacial score (nSPS) is 19.2. The summed E-state index contributed by atoms with van der Waals surface area (Å²) in [4.78, 5) is 16.7. The zero-order chi connectivity index (χ0) is 22.2. The van der Waals surface area contributed by atoms with E-state index in [2.05, 4.69) is 33.3 Å². The molecular weight excluding hydrogens is 426 g/mol. The van der Waals surface area contributed by atoms with Crippen LogP contribution in [0.1, 0.15) is 24.8 Å². The summed E-state index contributed by atoms with van der Waals surface area (Å²) >= 11 is 6.34. The van der Waals surface area contributed by atoms with E-state index in [9.17, 15) is 4.79 Å². The third kappa shape index (κ3) is 6.37. The molecule has 1 unspecified atom stereocenters. The van der Waals surface area contributed by atoms with Crippen molar-refractivity contribution in [2.75, 3.05) is 50.8 Å². The lowest BCUT2D eigenvalue weighted by molar-refractivity contribution is -0.130. The van der Waals surface area contributed by atoms with Crippen LogP contribution in [0.3, 0.4) is 0 Å². The fourth-order valence-electron chi connectivity index (χ4n) is 4.18. The molecule has 2 heterocycles. The first-order valence-corrected chi connectivity index (χ1v) is 11.9. The molecule has 1 atom stereocenters. The molecule has 2 fully saturated rings. The number of carbonyl (C=O) groups excluding carboxylic acids is 1. The van der Waals surface area contributed by atoms with E-state index in [4.69, 9.17) is 21.1 Å². The summed E-state index contributed by atoms with van der Waals surface area (Å²) in [5, 5.41) is 3.74. The topological polar surface area (TPSA) is 54.0 Å². The lowest BCUT2D eigenvalue weighted by Gasteiger charge is -2.36. The van der Waals surface area contributed by atoms with Gasteiger partial charge in [0.15, 0.2) is 0 Å². The van der Waals surface area contributed by atoms with Crippen molar-refractivity contribution in [3.05, 3.63) is 59.1 Å². The minimum absolute atomic E-state index is 0.000414. The van der Waals surface area contributed by atoms with Crippen LogP contribution in [-0.2, 0) is 16.1 Å². The predicted molar refractivity (Wildman–Crippen MR) is 127 cm³/mol. The second-order valence-electron chi connectivity index (χ2n) is 8.35. The van der Waals surface area contributed by atoms with Crippen molar-refractivity contribution in [3.8, 4) is 5.75 Å². The Bertz CT molecular complexity index is 863. The highest BCUT2D eigenvalue weighted by molar-refractivity contribution is 6.33. The number of rotatable bonds is 9.